The van der Waals surface area contributed by atoms with E-state index in [0.29, 0.717) is 16.3 Å². The second-order valence-electron chi connectivity index (χ2n) is 6.05. The van der Waals surface area contributed by atoms with Crippen LogP contribution in [0.1, 0.15) is 33.2 Å². The number of amides is 1. The number of benzene rings is 2. The highest BCUT2D eigenvalue weighted by Gasteiger charge is 2.14. The number of carbonyl (C=O) groups excluding carboxylic acids is 2. The molecule has 142 valence electrons. The Bertz CT molecular complexity index is 1090. The molecule has 0 bridgehead atoms. The van der Waals surface area contributed by atoms with Gasteiger partial charge in [-0.2, -0.15) is 4.73 Å². The monoisotopic (exact) mass is 396 g/mol. The van der Waals surface area contributed by atoms with Crippen LogP contribution in [-0.4, -0.2) is 16.4 Å². The Morgan fingerprint density at radius 1 is 1.07 bits per heavy atom. The number of anilines is 1. The molecule has 3 rings (SSSR count). The second-order valence-corrected chi connectivity index (χ2v) is 6.48. The molecule has 1 amide bonds. The fraction of sp³-hybridized carbons (Fsp3) is 0.0952. The van der Waals surface area contributed by atoms with E-state index in [4.69, 9.17) is 16.4 Å². The summed E-state index contributed by atoms with van der Waals surface area (Å²) in [5, 5.41) is 3.19. The molecule has 1 aromatic heterocycles. The van der Waals surface area contributed by atoms with Crippen LogP contribution in [0.2, 0.25) is 5.02 Å². The van der Waals surface area contributed by atoms with E-state index in [-0.39, 0.29) is 18.0 Å². The molecule has 7 heteroatoms. The molecule has 1 N–H and O–H groups in total. The van der Waals surface area contributed by atoms with E-state index in [2.05, 4.69) is 5.32 Å². The molecule has 0 aliphatic rings. The van der Waals surface area contributed by atoms with E-state index in [1.54, 1.807) is 48.5 Å². The van der Waals surface area contributed by atoms with E-state index in [1.807, 2.05) is 6.07 Å². The third-order valence-corrected chi connectivity index (χ3v) is 4.18. The Kier molecular flexibility index (Phi) is 5.91. The van der Waals surface area contributed by atoms with Crippen molar-refractivity contribution in [3.8, 4) is 0 Å². The molecule has 0 saturated heterocycles. The first-order chi connectivity index (χ1) is 13.4. The van der Waals surface area contributed by atoms with Crippen molar-refractivity contribution in [3.05, 3.63) is 98.9 Å². The molecule has 28 heavy (non-hydrogen) atoms. The predicted octanol–water partition coefficient (Wildman–Crippen LogP) is 3.59. The summed E-state index contributed by atoms with van der Waals surface area (Å²) in [6.45, 7) is 1.56. The van der Waals surface area contributed by atoms with Gasteiger partial charge >= 0.3 is 0 Å². The minimum absolute atomic E-state index is 0.0816. The topological polar surface area (TPSA) is 77.4 Å². The number of halogens is 1. The largest absolute Gasteiger partial charge is 0.406 e. The first kappa shape index (κ1) is 19.4. The van der Waals surface area contributed by atoms with Crippen molar-refractivity contribution in [3.63, 3.8) is 0 Å². The third kappa shape index (κ3) is 4.66. The number of carbonyl (C=O) groups is 2. The number of ketones is 1. The SMILES string of the molecule is CC(=O)c1cccc(NC(=O)c2cccn(OCc3cccc(Cl)c3)c2=O)c1. The van der Waals surface area contributed by atoms with E-state index < -0.39 is 11.5 Å². The Hall–Kier alpha value is -3.38. The minimum Gasteiger partial charge on any atom is -0.406 e. The van der Waals surface area contributed by atoms with Crippen molar-refractivity contribution >= 4 is 29.0 Å². The number of hydrogen-bond donors (Lipinski definition) is 1. The van der Waals surface area contributed by atoms with Gasteiger partial charge in [0, 0.05) is 22.5 Å². The molecule has 0 saturated carbocycles. The van der Waals surface area contributed by atoms with Crippen molar-refractivity contribution in [2.24, 2.45) is 0 Å². The van der Waals surface area contributed by atoms with Gasteiger partial charge in [-0.1, -0.05) is 35.9 Å². The van der Waals surface area contributed by atoms with Crippen LogP contribution in [0, 0.1) is 0 Å². The van der Waals surface area contributed by atoms with Crippen LogP contribution in [0.5, 0.6) is 0 Å². The molecule has 0 spiro atoms. The van der Waals surface area contributed by atoms with Crippen LogP contribution in [-0.2, 0) is 6.61 Å². The number of Topliss-reactive ketones (excluding diaryl/α,β-unsaturated/α-hetero) is 1. The zero-order valence-corrected chi connectivity index (χ0v) is 15.8. The van der Waals surface area contributed by atoms with Gasteiger partial charge in [0.05, 0.1) is 0 Å². The van der Waals surface area contributed by atoms with Crippen LogP contribution in [0.15, 0.2) is 71.7 Å². The molecule has 0 unspecified atom stereocenters. The van der Waals surface area contributed by atoms with Gasteiger partial charge in [-0.25, -0.2) is 0 Å². The highest BCUT2D eigenvalue weighted by atomic mass is 35.5. The summed E-state index contributed by atoms with van der Waals surface area (Å²) in [6, 6.07) is 16.5. The molecule has 0 radical (unpaired) electrons. The van der Waals surface area contributed by atoms with Gasteiger partial charge in [0.15, 0.2) is 5.78 Å². The summed E-state index contributed by atoms with van der Waals surface area (Å²) < 4.78 is 1.00. The van der Waals surface area contributed by atoms with Crippen molar-refractivity contribution in [2.75, 3.05) is 5.32 Å². The number of aromatic nitrogens is 1. The predicted molar refractivity (Wildman–Crippen MR) is 107 cm³/mol. The Labute approximate surface area is 166 Å². The minimum atomic E-state index is -0.593. The summed E-state index contributed by atoms with van der Waals surface area (Å²) in [4.78, 5) is 42.0. The van der Waals surface area contributed by atoms with Crippen LogP contribution < -0.4 is 15.7 Å². The zero-order chi connectivity index (χ0) is 20.1. The summed E-state index contributed by atoms with van der Waals surface area (Å²) in [5.41, 5.74) is 1.00. The summed E-state index contributed by atoms with van der Waals surface area (Å²) in [6.07, 6.45) is 1.43. The zero-order valence-electron chi connectivity index (χ0n) is 15.0. The van der Waals surface area contributed by atoms with E-state index in [9.17, 15) is 14.4 Å². The lowest BCUT2D eigenvalue weighted by Gasteiger charge is -2.11. The standard InChI is InChI=1S/C21H17ClN2O4/c1-14(25)16-6-3-8-18(12-16)23-20(26)19-9-4-10-24(21(19)27)28-13-15-5-2-7-17(22)11-15/h2-12H,13H2,1H3,(H,23,26). The van der Waals surface area contributed by atoms with Gasteiger partial charge in [0.25, 0.3) is 11.5 Å². The van der Waals surface area contributed by atoms with Crippen LogP contribution in [0.4, 0.5) is 5.69 Å². The molecule has 0 aliphatic heterocycles. The van der Waals surface area contributed by atoms with Gasteiger partial charge in [-0.15, -0.1) is 0 Å². The van der Waals surface area contributed by atoms with Gasteiger partial charge in [-0.05, 0) is 48.9 Å². The van der Waals surface area contributed by atoms with E-state index in [0.717, 1.165) is 10.3 Å². The highest BCUT2D eigenvalue weighted by molar-refractivity contribution is 6.30. The van der Waals surface area contributed by atoms with Gasteiger partial charge in [-0.3, -0.25) is 14.4 Å². The number of rotatable bonds is 6. The average molecular weight is 397 g/mol. The number of hydrogen-bond acceptors (Lipinski definition) is 4. The molecule has 3 aromatic rings. The molecule has 0 atom stereocenters. The smallest absolute Gasteiger partial charge is 0.295 e. The Morgan fingerprint density at radius 2 is 1.86 bits per heavy atom. The highest BCUT2D eigenvalue weighted by Crippen LogP contribution is 2.13. The van der Waals surface area contributed by atoms with Crippen LogP contribution in [0.3, 0.4) is 0 Å². The second kappa shape index (κ2) is 8.54. The first-order valence-corrected chi connectivity index (χ1v) is 8.83. The number of pyridine rings is 1. The summed E-state index contributed by atoms with van der Waals surface area (Å²) in [7, 11) is 0. The number of nitrogens with zero attached hydrogens (tertiary/aromatic N) is 1. The molecular weight excluding hydrogens is 380 g/mol. The molecule has 0 fully saturated rings. The van der Waals surface area contributed by atoms with E-state index >= 15 is 0 Å². The lowest BCUT2D eigenvalue weighted by atomic mass is 10.1. The average Bonchev–Trinajstić information content (AvgIpc) is 2.67. The lowest BCUT2D eigenvalue weighted by molar-refractivity contribution is 0.0863. The van der Waals surface area contributed by atoms with Crippen molar-refractivity contribution in [1.82, 2.24) is 4.73 Å². The van der Waals surface area contributed by atoms with E-state index in [1.165, 1.54) is 19.2 Å². The van der Waals surface area contributed by atoms with Crippen molar-refractivity contribution < 1.29 is 14.4 Å². The van der Waals surface area contributed by atoms with Crippen molar-refractivity contribution in [2.45, 2.75) is 13.5 Å². The number of nitrogens with one attached hydrogen (secondary N) is 1. The van der Waals surface area contributed by atoms with Crippen LogP contribution in [0.25, 0.3) is 0 Å². The van der Waals surface area contributed by atoms with Gasteiger partial charge in [0.1, 0.15) is 12.2 Å². The Morgan fingerprint density at radius 3 is 2.61 bits per heavy atom. The first-order valence-electron chi connectivity index (χ1n) is 8.46. The van der Waals surface area contributed by atoms with Crippen molar-refractivity contribution in [1.29, 1.82) is 0 Å². The van der Waals surface area contributed by atoms with Gasteiger partial charge < -0.3 is 10.2 Å². The lowest BCUT2D eigenvalue weighted by Crippen LogP contribution is -2.32. The van der Waals surface area contributed by atoms with Crippen LogP contribution >= 0.6 is 11.6 Å². The Balaban J connectivity index is 1.76. The molecule has 1 heterocycles. The maximum absolute atomic E-state index is 12.6. The fourth-order valence-electron chi connectivity index (χ4n) is 2.53. The molecule has 6 nitrogen and oxygen atoms in total. The maximum atomic E-state index is 12.6. The van der Waals surface area contributed by atoms with Gasteiger partial charge in [0.2, 0.25) is 0 Å². The third-order valence-electron chi connectivity index (χ3n) is 3.95. The fourth-order valence-corrected chi connectivity index (χ4v) is 2.75. The summed E-state index contributed by atoms with van der Waals surface area (Å²) >= 11 is 5.93. The normalized spacial score (nSPS) is 10.4. The molecule has 0 aliphatic carbocycles. The summed E-state index contributed by atoms with van der Waals surface area (Å²) in [5.74, 6) is -0.709. The molecular formula is C21H17ClN2O4. The maximum Gasteiger partial charge on any atom is 0.295 e. The quantitative estimate of drug-likeness (QED) is 0.646. The molecule has 2 aromatic carbocycles.